The van der Waals surface area contributed by atoms with Crippen molar-refractivity contribution in [2.24, 2.45) is 5.73 Å². The highest BCUT2D eigenvalue weighted by Crippen LogP contribution is 2.25. The highest BCUT2D eigenvalue weighted by molar-refractivity contribution is 6.30. The summed E-state index contributed by atoms with van der Waals surface area (Å²) in [5.41, 5.74) is 7.96. The van der Waals surface area contributed by atoms with Crippen LogP contribution in [0.2, 0.25) is 5.02 Å². The summed E-state index contributed by atoms with van der Waals surface area (Å²) in [6.45, 7) is 2.05. The van der Waals surface area contributed by atoms with Crippen molar-refractivity contribution in [3.63, 3.8) is 0 Å². The van der Waals surface area contributed by atoms with Gasteiger partial charge in [0.05, 0.1) is 13.0 Å². The number of carbonyl (C=O) groups is 1. The fraction of sp³-hybridized carbons (Fsp3) is 0.278. The molecule has 0 saturated heterocycles. The number of hydrogen-bond donors (Lipinski definition) is 1. The summed E-state index contributed by atoms with van der Waals surface area (Å²) in [4.78, 5) is 11.4. The monoisotopic (exact) mass is 335 g/mol. The van der Waals surface area contributed by atoms with Gasteiger partial charge in [0, 0.05) is 11.1 Å². The minimum Gasteiger partial charge on any atom is -0.466 e. The molecule has 5 heteroatoms. The van der Waals surface area contributed by atoms with Gasteiger partial charge in [0.2, 0.25) is 0 Å². The number of nitrogens with two attached hydrogens (primary N) is 1. The second-order valence-electron chi connectivity index (χ2n) is 5.29. The van der Waals surface area contributed by atoms with Crippen LogP contribution in [-0.2, 0) is 16.0 Å². The molecule has 0 saturated carbocycles. The molecule has 0 aliphatic rings. The number of rotatable bonds is 6. The fourth-order valence-corrected chi connectivity index (χ4v) is 2.54. The van der Waals surface area contributed by atoms with Gasteiger partial charge in [-0.2, -0.15) is 0 Å². The van der Waals surface area contributed by atoms with E-state index in [9.17, 15) is 9.18 Å². The first-order valence-electron chi connectivity index (χ1n) is 7.45. The van der Waals surface area contributed by atoms with Crippen molar-refractivity contribution in [3.8, 4) is 11.1 Å². The van der Waals surface area contributed by atoms with E-state index < -0.39 is 6.04 Å². The summed E-state index contributed by atoms with van der Waals surface area (Å²) in [5, 5.41) is 0.600. The molecule has 1 unspecified atom stereocenters. The standard InChI is InChI=1S/C18H19ClFNO2/c1-2-23-18(22)11-16(21)9-14-7-6-13(10-17(14)20)12-4-3-5-15(19)8-12/h3-8,10,16H,2,9,11,21H2,1H3. The van der Waals surface area contributed by atoms with E-state index in [0.29, 0.717) is 17.2 Å². The molecule has 2 aromatic rings. The van der Waals surface area contributed by atoms with E-state index in [2.05, 4.69) is 0 Å². The van der Waals surface area contributed by atoms with Crippen LogP contribution >= 0.6 is 11.6 Å². The third-order valence-corrected chi connectivity index (χ3v) is 3.66. The van der Waals surface area contributed by atoms with Gasteiger partial charge >= 0.3 is 5.97 Å². The van der Waals surface area contributed by atoms with Gasteiger partial charge in [0.1, 0.15) is 5.82 Å². The van der Waals surface area contributed by atoms with E-state index in [4.69, 9.17) is 22.1 Å². The molecular weight excluding hydrogens is 317 g/mol. The third kappa shape index (κ3) is 5.05. The molecule has 2 aromatic carbocycles. The maximum absolute atomic E-state index is 14.3. The Morgan fingerprint density at radius 1 is 1.26 bits per heavy atom. The Bertz CT molecular complexity index is 690. The van der Waals surface area contributed by atoms with Crippen LogP contribution in [0.4, 0.5) is 4.39 Å². The summed E-state index contributed by atoms with van der Waals surface area (Å²) < 4.78 is 19.1. The van der Waals surface area contributed by atoms with E-state index in [1.54, 1.807) is 25.1 Å². The lowest BCUT2D eigenvalue weighted by molar-refractivity contribution is -0.143. The zero-order valence-electron chi connectivity index (χ0n) is 12.9. The van der Waals surface area contributed by atoms with Crippen molar-refractivity contribution in [2.45, 2.75) is 25.8 Å². The number of ether oxygens (including phenoxy) is 1. The Balaban J connectivity index is 2.09. The van der Waals surface area contributed by atoms with Gasteiger partial charge in [0.25, 0.3) is 0 Å². The Hall–Kier alpha value is -1.91. The van der Waals surface area contributed by atoms with E-state index in [-0.39, 0.29) is 24.6 Å². The van der Waals surface area contributed by atoms with Gasteiger partial charge < -0.3 is 10.5 Å². The molecule has 0 radical (unpaired) electrons. The quantitative estimate of drug-likeness (QED) is 0.813. The van der Waals surface area contributed by atoms with E-state index >= 15 is 0 Å². The average molecular weight is 336 g/mol. The maximum Gasteiger partial charge on any atom is 0.307 e. The third-order valence-electron chi connectivity index (χ3n) is 3.43. The maximum atomic E-state index is 14.3. The van der Waals surface area contributed by atoms with Gasteiger partial charge in [-0.1, -0.05) is 35.9 Å². The summed E-state index contributed by atoms with van der Waals surface area (Å²) in [5.74, 6) is -0.710. The minimum atomic E-state index is -0.472. The van der Waals surface area contributed by atoms with E-state index in [0.717, 1.165) is 11.1 Å². The van der Waals surface area contributed by atoms with Crippen LogP contribution in [0.15, 0.2) is 42.5 Å². The zero-order valence-corrected chi connectivity index (χ0v) is 13.6. The Kier molecular flexibility index (Phi) is 6.13. The van der Waals surface area contributed by atoms with Crippen LogP contribution in [0.5, 0.6) is 0 Å². The van der Waals surface area contributed by atoms with Crippen molar-refractivity contribution in [2.75, 3.05) is 6.61 Å². The Morgan fingerprint density at radius 3 is 2.65 bits per heavy atom. The topological polar surface area (TPSA) is 52.3 Å². The van der Waals surface area contributed by atoms with E-state index in [1.807, 2.05) is 18.2 Å². The molecule has 0 aromatic heterocycles. The van der Waals surface area contributed by atoms with Gasteiger partial charge in [0.15, 0.2) is 0 Å². The largest absolute Gasteiger partial charge is 0.466 e. The lowest BCUT2D eigenvalue weighted by atomic mass is 9.99. The van der Waals surface area contributed by atoms with Crippen LogP contribution < -0.4 is 5.73 Å². The number of halogens is 2. The first-order valence-corrected chi connectivity index (χ1v) is 7.83. The second kappa shape index (κ2) is 8.09. The van der Waals surface area contributed by atoms with E-state index in [1.165, 1.54) is 6.07 Å². The highest BCUT2D eigenvalue weighted by Gasteiger charge is 2.14. The van der Waals surface area contributed by atoms with Gasteiger partial charge in [-0.25, -0.2) is 4.39 Å². The van der Waals surface area contributed by atoms with Crippen molar-refractivity contribution in [1.29, 1.82) is 0 Å². The number of esters is 1. The number of hydrogen-bond acceptors (Lipinski definition) is 3. The second-order valence-corrected chi connectivity index (χ2v) is 5.73. The van der Waals surface area contributed by atoms with Gasteiger partial charge in [-0.15, -0.1) is 0 Å². The Labute approximate surface area is 140 Å². The minimum absolute atomic E-state index is 0.0727. The molecule has 0 aliphatic heterocycles. The summed E-state index contributed by atoms with van der Waals surface area (Å²) in [6, 6.07) is 11.7. The first kappa shape index (κ1) is 17.4. The van der Waals surface area contributed by atoms with Crippen LogP contribution in [-0.4, -0.2) is 18.6 Å². The summed E-state index contributed by atoms with van der Waals surface area (Å²) in [7, 11) is 0. The molecule has 0 spiro atoms. The number of benzene rings is 2. The molecule has 3 nitrogen and oxygen atoms in total. The molecule has 1 atom stereocenters. The highest BCUT2D eigenvalue weighted by atomic mass is 35.5. The molecule has 122 valence electrons. The van der Waals surface area contributed by atoms with Crippen LogP contribution in [0.3, 0.4) is 0 Å². The van der Waals surface area contributed by atoms with Crippen molar-refractivity contribution in [3.05, 3.63) is 58.9 Å². The molecule has 0 bridgehead atoms. The smallest absolute Gasteiger partial charge is 0.307 e. The zero-order chi connectivity index (χ0) is 16.8. The van der Waals surface area contributed by atoms with Gasteiger partial charge in [-0.3, -0.25) is 4.79 Å². The first-order chi connectivity index (χ1) is 11.0. The van der Waals surface area contributed by atoms with Crippen LogP contribution in [0.1, 0.15) is 18.9 Å². The molecule has 0 amide bonds. The normalized spacial score (nSPS) is 12.0. The van der Waals surface area contributed by atoms with Crippen LogP contribution in [0, 0.1) is 5.82 Å². The molecule has 0 aliphatic carbocycles. The lowest BCUT2D eigenvalue weighted by Gasteiger charge is -2.12. The molecule has 0 fully saturated rings. The Morgan fingerprint density at radius 2 is 2.00 bits per heavy atom. The average Bonchev–Trinajstić information content (AvgIpc) is 2.49. The molecule has 23 heavy (non-hydrogen) atoms. The van der Waals surface area contributed by atoms with Crippen molar-refractivity contribution in [1.82, 2.24) is 0 Å². The van der Waals surface area contributed by atoms with Gasteiger partial charge in [-0.05, 0) is 48.2 Å². The molecule has 2 rings (SSSR count). The fourth-order valence-electron chi connectivity index (χ4n) is 2.35. The van der Waals surface area contributed by atoms with Crippen LogP contribution in [0.25, 0.3) is 11.1 Å². The molecule has 2 N–H and O–H groups in total. The summed E-state index contributed by atoms with van der Waals surface area (Å²) >= 11 is 5.95. The van der Waals surface area contributed by atoms with Crippen molar-refractivity contribution < 1.29 is 13.9 Å². The lowest BCUT2D eigenvalue weighted by Crippen LogP contribution is -2.27. The number of carbonyl (C=O) groups excluding carboxylic acids is 1. The predicted octanol–water partition coefficient (Wildman–Crippen LogP) is 3.97. The summed E-state index contributed by atoms with van der Waals surface area (Å²) in [6.07, 6.45) is 0.351. The molecular formula is C18H19ClFNO2. The predicted molar refractivity (Wildman–Crippen MR) is 89.8 cm³/mol. The molecule has 0 heterocycles. The van der Waals surface area contributed by atoms with Crippen molar-refractivity contribution >= 4 is 17.6 Å². The SMILES string of the molecule is CCOC(=O)CC(N)Cc1ccc(-c2cccc(Cl)c2)cc1F.